The highest BCUT2D eigenvalue weighted by Gasteiger charge is 2.10. The minimum Gasteiger partial charge on any atom is -0.411 e. The Morgan fingerprint density at radius 2 is 2.15 bits per heavy atom. The number of hydrogen-bond donors (Lipinski definition) is 0. The van der Waals surface area contributed by atoms with Gasteiger partial charge in [-0.1, -0.05) is 38.9 Å². The molecule has 2 aromatic heterocycles. The van der Waals surface area contributed by atoms with Gasteiger partial charge < -0.3 is 8.94 Å². The molecule has 0 N–H and O–H groups in total. The fourth-order valence-corrected chi connectivity index (χ4v) is 2.67. The van der Waals surface area contributed by atoms with Gasteiger partial charge in [0.2, 0.25) is 5.89 Å². The number of nitrogens with zero attached hydrogens (tertiary/aromatic N) is 3. The van der Waals surface area contributed by atoms with Crippen molar-refractivity contribution in [2.24, 2.45) is 0 Å². The molecule has 0 atom stereocenters. The molecule has 0 amide bonds. The summed E-state index contributed by atoms with van der Waals surface area (Å²) in [6, 6.07) is 9.62. The van der Waals surface area contributed by atoms with Crippen molar-refractivity contribution in [3.8, 4) is 11.5 Å². The van der Waals surface area contributed by atoms with Crippen LogP contribution in [0.2, 0.25) is 0 Å². The highest BCUT2D eigenvalue weighted by Crippen LogP contribution is 2.26. The van der Waals surface area contributed by atoms with Crippen LogP contribution in [-0.2, 0) is 5.75 Å². The Balaban J connectivity index is 1.70. The molecule has 3 aromatic rings. The molecular weight excluding hydrogens is 342 g/mol. The van der Waals surface area contributed by atoms with E-state index in [0.717, 1.165) is 21.5 Å². The van der Waals surface area contributed by atoms with E-state index in [1.54, 1.807) is 0 Å². The average Bonchev–Trinajstić information content (AvgIpc) is 3.05. The first kappa shape index (κ1) is 13.4. The molecule has 0 unspecified atom stereocenters. The van der Waals surface area contributed by atoms with Gasteiger partial charge in [0.25, 0.3) is 5.22 Å². The summed E-state index contributed by atoms with van der Waals surface area (Å²) in [4.78, 5) is 0. The maximum absolute atomic E-state index is 5.61. The third-order valence-electron chi connectivity index (χ3n) is 2.50. The van der Waals surface area contributed by atoms with Gasteiger partial charge in [0.15, 0.2) is 0 Å². The van der Waals surface area contributed by atoms with Gasteiger partial charge in [0, 0.05) is 21.9 Å². The maximum Gasteiger partial charge on any atom is 0.277 e. The number of thioether (sulfide) groups is 1. The molecule has 0 aliphatic heterocycles. The van der Waals surface area contributed by atoms with Crippen LogP contribution < -0.4 is 0 Å². The molecule has 0 spiro atoms. The Morgan fingerprint density at radius 3 is 2.90 bits per heavy atom. The summed E-state index contributed by atoms with van der Waals surface area (Å²) < 4.78 is 11.6. The van der Waals surface area contributed by atoms with Crippen molar-refractivity contribution in [2.45, 2.75) is 17.9 Å². The van der Waals surface area contributed by atoms with Gasteiger partial charge in [0.05, 0.1) is 5.69 Å². The second-order valence-corrected chi connectivity index (χ2v) is 5.94. The topological polar surface area (TPSA) is 65.0 Å². The van der Waals surface area contributed by atoms with Gasteiger partial charge in [-0.15, -0.1) is 10.2 Å². The molecule has 1 aromatic carbocycles. The monoisotopic (exact) mass is 351 g/mol. The lowest BCUT2D eigenvalue weighted by Crippen LogP contribution is -1.79. The van der Waals surface area contributed by atoms with E-state index >= 15 is 0 Å². The number of rotatable bonds is 4. The number of halogens is 1. The zero-order valence-electron chi connectivity index (χ0n) is 10.5. The van der Waals surface area contributed by atoms with Crippen LogP contribution in [0.4, 0.5) is 0 Å². The third kappa shape index (κ3) is 3.10. The second kappa shape index (κ2) is 5.80. The van der Waals surface area contributed by atoms with E-state index in [0.29, 0.717) is 16.9 Å². The zero-order valence-corrected chi connectivity index (χ0v) is 12.9. The molecule has 7 heteroatoms. The summed E-state index contributed by atoms with van der Waals surface area (Å²) in [5.41, 5.74) is 1.74. The first-order chi connectivity index (χ1) is 9.70. The summed E-state index contributed by atoms with van der Waals surface area (Å²) in [7, 11) is 0. The Labute approximate surface area is 127 Å². The maximum atomic E-state index is 5.61. The van der Waals surface area contributed by atoms with E-state index in [2.05, 4.69) is 31.3 Å². The molecule has 0 radical (unpaired) electrons. The van der Waals surface area contributed by atoms with Crippen LogP contribution in [0.3, 0.4) is 0 Å². The van der Waals surface area contributed by atoms with Crippen molar-refractivity contribution < 1.29 is 8.94 Å². The summed E-state index contributed by atoms with van der Waals surface area (Å²) in [6.07, 6.45) is 0. The molecule has 5 nitrogen and oxygen atoms in total. The molecule has 0 fully saturated rings. The normalized spacial score (nSPS) is 10.9. The van der Waals surface area contributed by atoms with E-state index in [9.17, 15) is 0 Å². The first-order valence-corrected chi connectivity index (χ1v) is 7.63. The van der Waals surface area contributed by atoms with Gasteiger partial charge in [0.1, 0.15) is 5.76 Å². The molecule has 0 bridgehead atoms. The molecule has 0 saturated heterocycles. The van der Waals surface area contributed by atoms with Crippen LogP contribution in [0.15, 0.2) is 49.0 Å². The van der Waals surface area contributed by atoms with E-state index in [-0.39, 0.29) is 0 Å². The van der Waals surface area contributed by atoms with Crippen LogP contribution in [0.5, 0.6) is 0 Å². The van der Waals surface area contributed by atoms with Crippen LogP contribution in [0.25, 0.3) is 11.5 Å². The minimum absolute atomic E-state index is 0.505. The van der Waals surface area contributed by atoms with Crippen molar-refractivity contribution in [3.05, 3.63) is 46.3 Å². The molecule has 2 heterocycles. The highest BCUT2D eigenvalue weighted by molar-refractivity contribution is 9.10. The fraction of sp³-hybridized carbons (Fsp3) is 0.154. The fourth-order valence-electron chi connectivity index (χ4n) is 1.63. The van der Waals surface area contributed by atoms with Crippen molar-refractivity contribution in [1.82, 2.24) is 15.4 Å². The van der Waals surface area contributed by atoms with Gasteiger partial charge >= 0.3 is 0 Å². The van der Waals surface area contributed by atoms with E-state index in [4.69, 9.17) is 8.94 Å². The lowest BCUT2D eigenvalue weighted by atomic mass is 10.2. The number of hydrogen-bond acceptors (Lipinski definition) is 6. The van der Waals surface area contributed by atoms with Gasteiger partial charge in [-0.2, -0.15) is 0 Å². The largest absolute Gasteiger partial charge is 0.411 e. The lowest BCUT2D eigenvalue weighted by molar-refractivity contribution is 0.392. The Morgan fingerprint density at radius 1 is 1.25 bits per heavy atom. The second-order valence-electron chi connectivity index (χ2n) is 4.10. The predicted molar refractivity (Wildman–Crippen MR) is 78.2 cm³/mol. The van der Waals surface area contributed by atoms with Crippen molar-refractivity contribution in [3.63, 3.8) is 0 Å². The standard InChI is InChI=1S/C13H10BrN3O2S/c1-8-5-11(17-19-8)7-20-13-16-15-12(18-13)9-3-2-4-10(14)6-9/h2-6H,7H2,1H3. The van der Waals surface area contributed by atoms with Crippen molar-refractivity contribution in [1.29, 1.82) is 0 Å². The molecule has 102 valence electrons. The number of aromatic nitrogens is 3. The Kier molecular flexibility index (Phi) is 3.88. The molecule has 3 rings (SSSR count). The molecule has 20 heavy (non-hydrogen) atoms. The quantitative estimate of drug-likeness (QED) is 0.659. The average molecular weight is 352 g/mol. The summed E-state index contributed by atoms with van der Waals surface area (Å²) in [6.45, 7) is 1.86. The van der Waals surface area contributed by atoms with Crippen molar-refractivity contribution >= 4 is 27.7 Å². The molecular formula is C13H10BrN3O2S. The molecule has 0 saturated carbocycles. The van der Waals surface area contributed by atoms with Gasteiger partial charge in [-0.3, -0.25) is 0 Å². The Hall–Kier alpha value is -1.60. The lowest BCUT2D eigenvalue weighted by Gasteiger charge is -1.95. The van der Waals surface area contributed by atoms with Crippen LogP contribution in [0, 0.1) is 6.92 Å². The van der Waals surface area contributed by atoms with E-state index in [1.807, 2.05) is 37.3 Å². The molecule has 0 aliphatic rings. The molecule has 0 aliphatic carbocycles. The van der Waals surface area contributed by atoms with Crippen molar-refractivity contribution in [2.75, 3.05) is 0 Å². The smallest absolute Gasteiger partial charge is 0.277 e. The van der Waals surface area contributed by atoms with Gasteiger partial charge in [-0.25, -0.2) is 0 Å². The summed E-state index contributed by atoms with van der Waals surface area (Å²) >= 11 is 4.85. The summed E-state index contributed by atoms with van der Waals surface area (Å²) in [5.74, 6) is 1.93. The minimum atomic E-state index is 0.505. The number of aryl methyl sites for hydroxylation is 1. The third-order valence-corrected chi connectivity index (χ3v) is 3.84. The first-order valence-electron chi connectivity index (χ1n) is 5.85. The van der Waals surface area contributed by atoms with Crippen LogP contribution in [0.1, 0.15) is 11.5 Å². The van der Waals surface area contributed by atoms with E-state index < -0.39 is 0 Å². The zero-order chi connectivity index (χ0) is 13.9. The van der Waals surface area contributed by atoms with E-state index in [1.165, 1.54) is 11.8 Å². The SMILES string of the molecule is Cc1cc(CSc2nnc(-c3cccc(Br)c3)o2)no1. The number of benzene rings is 1. The van der Waals surface area contributed by atoms with Crippen LogP contribution >= 0.6 is 27.7 Å². The Bertz CT molecular complexity index is 726. The summed E-state index contributed by atoms with van der Waals surface area (Å²) in [5, 5.41) is 12.5. The predicted octanol–water partition coefficient (Wildman–Crippen LogP) is 4.09. The van der Waals surface area contributed by atoms with Crippen LogP contribution in [-0.4, -0.2) is 15.4 Å². The van der Waals surface area contributed by atoms with Gasteiger partial charge in [-0.05, 0) is 25.1 Å². The highest BCUT2D eigenvalue weighted by atomic mass is 79.9.